The van der Waals surface area contributed by atoms with Gasteiger partial charge in [0.1, 0.15) is 0 Å². The molecule has 1 aliphatic heterocycles. The van der Waals surface area contributed by atoms with Gasteiger partial charge in [-0.1, -0.05) is 12.8 Å². The zero-order valence-electron chi connectivity index (χ0n) is 12.9. The zero-order chi connectivity index (χ0) is 19.1. The maximum absolute atomic E-state index is 13.6. The van der Waals surface area contributed by atoms with Gasteiger partial charge >= 0.3 is 12.4 Å². The summed E-state index contributed by atoms with van der Waals surface area (Å²) in [6.07, 6.45) is -13.5. The Kier molecular flexibility index (Phi) is 3.71. The predicted octanol–water partition coefficient (Wildman–Crippen LogP) is 2.69. The Morgan fingerprint density at radius 3 is 1.72 bits per heavy atom. The first-order chi connectivity index (χ1) is 11.1. The van der Waals surface area contributed by atoms with E-state index in [2.05, 4.69) is 0 Å². The Hall–Kier alpha value is -0.840. The van der Waals surface area contributed by atoms with Crippen LogP contribution in [-0.2, 0) is 14.6 Å². The zero-order valence-corrected chi connectivity index (χ0v) is 13.7. The van der Waals surface area contributed by atoms with E-state index in [0.29, 0.717) is 6.42 Å². The summed E-state index contributed by atoms with van der Waals surface area (Å²) in [5.74, 6) is -5.89. The lowest BCUT2D eigenvalue weighted by Crippen LogP contribution is -2.78. The maximum atomic E-state index is 13.6. The summed E-state index contributed by atoms with van der Waals surface area (Å²) in [7, 11) is -4.46. The van der Waals surface area contributed by atoms with Crippen LogP contribution in [0.4, 0.5) is 26.3 Å². The van der Waals surface area contributed by atoms with Crippen LogP contribution in [0.2, 0.25) is 0 Å². The molecule has 0 unspecified atom stereocenters. The number of carbonyl (C=O) groups excluding carboxylic acids is 1. The number of Topliss-reactive ketones (excluding diaryl/α,β-unsaturated/α-hetero) is 1. The average molecular weight is 394 g/mol. The average Bonchev–Trinajstić information content (AvgIpc) is 2.32. The van der Waals surface area contributed by atoms with Gasteiger partial charge in [0.25, 0.3) is 0 Å². The maximum Gasteiger partial charge on any atom is 0.450 e. The minimum absolute atomic E-state index is 0.0882. The molecule has 25 heavy (non-hydrogen) atoms. The highest BCUT2D eigenvalue weighted by atomic mass is 32.2. The quantitative estimate of drug-likeness (QED) is 0.695. The molecule has 11 heteroatoms. The summed E-state index contributed by atoms with van der Waals surface area (Å²) in [4.78, 5) is 11.8. The standard InChI is InChI=1S/C14H16F6O4S/c15-13(16,17)9(21)8-11(5-2-6-11)25(23,24)10(3-1-4-10)7-12(8,22)14(18,19)20/h8,22H,1-7H2/t8-,12+/m0/s1. The van der Waals surface area contributed by atoms with Crippen molar-refractivity contribution in [3.05, 3.63) is 0 Å². The second-order valence-corrected chi connectivity index (χ2v) is 10.0. The van der Waals surface area contributed by atoms with Crippen LogP contribution in [0.25, 0.3) is 0 Å². The molecule has 0 bridgehead atoms. The number of rotatable bonds is 1. The minimum Gasteiger partial charge on any atom is -0.380 e. The summed E-state index contributed by atoms with van der Waals surface area (Å²) in [6.45, 7) is 0. The molecule has 2 spiro atoms. The van der Waals surface area contributed by atoms with Gasteiger partial charge in [-0.25, -0.2) is 8.42 Å². The Bertz CT molecular complexity index is 702. The van der Waals surface area contributed by atoms with Crippen molar-refractivity contribution < 1.29 is 44.7 Å². The van der Waals surface area contributed by atoms with Crippen LogP contribution in [0.1, 0.15) is 44.9 Å². The molecule has 1 heterocycles. The molecule has 0 radical (unpaired) electrons. The molecule has 3 rings (SSSR count). The number of carbonyl (C=O) groups is 1. The SMILES string of the molecule is O=C([C@H]1C2(CCC2)S(=O)(=O)C2(CCC2)C[C@]1(O)C(F)(F)F)C(F)(F)F. The van der Waals surface area contributed by atoms with Gasteiger partial charge in [-0.05, 0) is 25.7 Å². The van der Waals surface area contributed by atoms with Crippen LogP contribution in [0.5, 0.6) is 0 Å². The van der Waals surface area contributed by atoms with Gasteiger partial charge in [-0.2, -0.15) is 26.3 Å². The van der Waals surface area contributed by atoms with Crippen molar-refractivity contribution >= 4 is 15.6 Å². The molecule has 0 aromatic carbocycles. The molecule has 2 saturated carbocycles. The van der Waals surface area contributed by atoms with Crippen molar-refractivity contribution in [2.45, 2.75) is 72.4 Å². The Labute approximate surface area is 139 Å². The van der Waals surface area contributed by atoms with Crippen LogP contribution in [-0.4, -0.2) is 46.8 Å². The molecule has 2 aliphatic carbocycles. The monoisotopic (exact) mass is 394 g/mol. The molecule has 0 amide bonds. The van der Waals surface area contributed by atoms with Gasteiger partial charge < -0.3 is 5.11 Å². The number of sulfone groups is 1. The number of aliphatic hydroxyl groups is 1. The fourth-order valence-corrected chi connectivity index (χ4v) is 8.23. The fourth-order valence-electron chi connectivity index (χ4n) is 4.69. The van der Waals surface area contributed by atoms with E-state index in [1.807, 2.05) is 0 Å². The van der Waals surface area contributed by atoms with Crippen LogP contribution in [0, 0.1) is 5.92 Å². The second kappa shape index (κ2) is 4.90. The largest absolute Gasteiger partial charge is 0.450 e. The van der Waals surface area contributed by atoms with E-state index in [0.717, 1.165) is 0 Å². The van der Waals surface area contributed by atoms with Gasteiger partial charge in [0.15, 0.2) is 15.4 Å². The van der Waals surface area contributed by atoms with Crippen molar-refractivity contribution in [1.29, 1.82) is 0 Å². The third-order valence-electron chi connectivity index (χ3n) is 6.20. The van der Waals surface area contributed by atoms with Crippen LogP contribution in [0.15, 0.2) is 0 Å². The summed E-state index contributed by atoms with van der Waals surface area (Å²) < 4.78 is 101. The molecular formula is C14H16F6O4S. The lowest BCUT2D eigenvalue weighted by Gasteiger charge is -2.63. The Morgan fingerprint density at radius 2 is 1.44 bits per heavy atom. The van der Waals surface area contributed by atoms with E-state index in [-0.39, 0.29) is 19.3 Å². The summed E-state index contributed by atoms with van der Waals surface area (Å²) in [6, 6.07) is 0. The molecule has 1 saturated heterocycles. The topological polar surface area (TPSA) is 71.4 Å². The number of ketones is 1. The van der Waals surface area contributed by atoms with E-state index in [4.69, 9.17) is 0 Å². The van der Waals surface area contributed by atoms with E-state index in [1.54, 1.807) is 0 Å². The van der Waals surface area contributed by atoms with Crippen molar-refractivity contribution in [3.63, 3.8) is 0 Å². The summed E-state index contributed by atoms with van der Waals surface area (Å²) in [5.41, 5.74) is -4.01. The van der Waals surface area contributed by atoms with Crippen molar-refractivity contribution in [2.75, 3.05) is 0 Å². The van der Waals surface area contributed by atoms with Gasteiger partial charge in [-0.3, -0.25) is 4.79 Å². The first-order valence-electron chi connectivity index (χ1n) is 7.79. The summed E-state index contributed by atoms with van der Waals surface area (Å²) in [5, 5.41) is 10.3. The Morgan fingerprint density at radius 1 is 0.960 bits per heavy atom. The molecule has 0 aromatic rings. The third kappa shape index (κ3) is 2.11. The lowest BCUT2D eigenvalue weighted by atomic mass is 9.60. The van der Waals surface area contributed by atoms with Gasteiger partial charge in [0.05, 0.1) is 15.4 Å². The van der Waals surface area contributed by atoms with Crippen LogP contribution in [0.3, 0.4) is 0 Å². The number of hydrogen-bond acceptors (Lipinski definition) is 4. The van der Waals surface area contributed by atoms with Gasteiger partial charge in [0.2, 0.25) is 5.78 Å². The van der Waals surface area contributed by atoms with Crippen LogP contribution >= 0.6 is 0 Å². The third-order valence-corrected chi connectivity index (χ3v) is 9.60. The number of hydrogen-bond donors (Lipinski definition) is 1. The van der Waals surface area contributed by atoms with Gasteiger partial charge in [-0.15, -0.1) is 0 Å². The first-order valence-corrected chi connectivity index (χ1v) is 9.27. The number of alkyl halides is 6. The minimum atomic E-state index is -5.67. The molecule has 2 atom stereocenters. The van der Waals surface area contributed by atoms with Crippen LogP contribution < -0.4 is 0 Å². The number of halogens is 6. The molecule has 3 fully saturated rings. The highest BCUT2D eigenvalue weighted by molar-refractivity contribution is 7.94. The van der Waals surface area contributed by atoms with Crippen molar-refractivity contribution in [3.8, 4) is 0 Å². The van der Waals surface area contributed by atoms with Crippen molar-refractivity contribution in [2.24, 2.45) is 5.92 Å². The fraction of sp³-hybridized carbons (Fsp3) is 0.929. The highest BCUT2D eigenvalue weighted by Gasteiger charge is 2.81. The molecule has 1 N–H and O–H groups in total. The smallest absolute Gasteiger partial charge is 0.380 e. The molecule has 3 aliphatic rings. The molecular weight excluding hydrogens is 378 g/mol. The molecule has 0 aromatic heterocycles. The second-order valence-electron chi connectivity index (χ2n) is 7.35. The van der Waals surface area contributed by atoms with E-state index in [1.165, 1.54) is 0 Å². The summed E-state index contributed by atoms with van der Waals surface area (Å²) >= 11 is 0. The van der Waals surface area contributed by atoms with E-state index in [9.17, 15) is 44.7 Å². The Balaban J connectivity index is 2.26. The molecule has 144 valence electrons. The van der Waals surface area contributed by atoms with E-state index >= 15 is 0 Å². The normalized spacial score (nSPS) is 35.9. The van der Waals surface area contributed by atoms with Crippen molar-refractivity contribution in [1.82, 2.24) is 0 Å². The molecule has 4 nitrogen and oxygen atoms in total. The first kappa shape index (κ1) is 18.9. The van der Waals surface area contributed by atoms with Gasteiger partial charge in [0, 0.05) is 6.42 Å². The van der Waals surface area contributed by atoms with E-state index < -0.39 is 68.2 Å². The highest BCUT2D eigenvalue weighted by Crippen LogP contribution is 2.66. The lowest BCUT2D eigenvalue weighted by molar-refractivity contribution is -0.295. The predicted molar refractivity (Wildman–Crippen MR) is 72.3 cm³/mol.